The average molecular weight is 284 g/mol. The number of carbonyl (C=O) groups excluding carboxylic acids is 2. The number of esters is 2. The molecule has 1 aliphatic carbocycles. The van der Waals surface area contributed by atoms with Crippen molar-refractivity contribution in [1.82, 2.24) is 0 Å². The first-order valence-corrected chi connectivity index (χ1v) is 7.19. The Morgan fingerprint density at radius 3 is 2.65 bits per heavy atom. The Morgan fingerprint density at radius 1 is 1.15 bits per heavy atom. The fourth-order valence-electron chi connectivity index (χ4n) is 3.82. The second kappa shape index (κ2) is 5.00. The van der Waals surface area contributed by atoms with E-state index in [2.05, 4.69) is 0 Å². The Hall–Kier alpha value is -1.14. The lowest BCUT2D eigenvalue weighted by molar-refractivity contribution is -0.230. The second-order valence-electron chi connectivity index (χ2n) is 5.83. The zero-order valence-electron chi connectivity index (χ0n) is 11.8. The highest BCUT2D eigenvalue weighted by Crippen LogP contribution is 2.51. The summed E-state index contributed by atoms with van der Waals surface area (Å²) >= 11 is 0. The van der Waals surface area contributed by atoms with Crippen molar-refractivity contribution < 1.29 is 28.5 Å². The largest absolute Gasteiger partial charge is 0.456 e. The van der Waals surface area contributed by atoms with Gasteiger partial charge in [0.25, 0.3) is 0 Å². The quantitative estimate of drug-likeness (QED) is 0.716. The van der Waals surface area contributed by atoms with Gasteiger partial charge in [0.1, 0.15) is 5.60 Å². The minimum Gasteiger partial charge on any atom is -0.456 e. The molecule has 0 N–H and O–H groups in total. The van der Waals surface area contributed by atoms with Gasteiger partial charge in [0, 0.05) is 26.2 Å². The minimum absolute atomic E-state index is 0.212. The summed E-state index contributed by atoms with van der Waals surface area (Å²) in [6, 6.07) is 0. The standard InChI is InChI=1S/C14H20O6/c1-8(15)17-13-12-14(20-9(2)16)6-4-3-5-10(14)7-11(18-12)19-13/h10-13H,3-7H2,1-2H3/t10-,11-,12+,13-,14?/m0/s1. The molecule has 6 nitrogen and oxygen atoms in total. The van der Waals surface area contributed by atoms with E-state index in [9.17, 15) is 9.59 Å². The molecule has 3 rings (SSSR count). The molecule has 2 aliphatic heterocycles. The molecule has 0 amide bonds. The predicted octanol–water partition coefficient (Wildman–Crippen LogP) is 1.51. The number of hydrogen-bond acceptors (Lipinski definition) is 6. The first kappa shape index (κ1) is 13.8. The molecule has 1 unspecified atom stereocenters. The molecule has 1 saturated carbocycles. The van der Waals surface area contributed by atoms with Crippen LogP contribution in [-0.4, -0.2) is 36.2 Å². The maximum atomic E-state index is 11.5. The molecule has 2 heterocycles. The summed E-state index contributed by atoms with van der Waals surface area (Å²) in [5, 5.41) is 0. The van der Waals surface area contributed by atoms with Crippen LogP contribution >= 0.6 is 0 Å². The van der Waals surface area contributed by atoms with Gasteiger partial charge >= 0.3 is 11.9 Å². The molecule has 20 heavy (non-hydrogen) atoms. The van der Waals surface area contributed by atoms with Crippen molar-refractivity contribution in [2.24, 2.45) is 5.92 Å². The number of fused-ring (bicyclic) bond motifs is 4. The normalized spacial score (nSPS) is 42.7. The first-order valence-electron chi connectivity index (χ1n) is 7.19. The van der Waals surface area contributed by atoms with Crippen LogP contribution in [0.4, 0.5) is 0 Å². The van der Waals surface area contributed by atoms with Crippen molar-refractivity contribution in [2.75, 3.05) is 0 Å². The maximum Gasteiger partial charge on any atom is 0.305 e. The fourth-order valence-corrected chi connectivity index (χ4v) is 3.82. The highest BCUT2D eigenvalue weighted by Gasteiger charge is 2.62. The number of carbonyl (C=O) groups is 2. The van der Waals surface area contributed by atoms with E-state index in [4.69, 9.17) is 18.9 Å². The van der Waals surface area contributed by atoms with Gasteiger partial charge in [-0.3, -0.25) is 9.59 Å². The van der Waals surface area contributed by atoms with Gasteiger partial charge in [-0.25, -0.2) is 0 Å². The summed E-state index contributed by atoms with van der Waals surface area (Å²) in [6.07, 6.45) is 2.83. The van der Waals surface area contributed by atoms with Crippen LogP contribution in [0.2, 0.25) is 0 Å². The number of ether oxygens (including phenoxy) is 4. The molecule has 0 aromatic carbocycles. The third-order valence-corrected chi connectivity index (χ3v) is 4.47. The van der Waals surface area contributed by atoms with Crippen LogP contribution in [-0.2, 0) is 28.5 Å². The molecule has 2 saturated heterocycles. The molecule has 3 aliphatic rings. The fraction of sp³-hybridized carbons (Fsp3) is 0.857. The molecule has 0 aromatic heterocycles. The SMILES string of the molecule is CC(=O)O[C@H]1O[C@H]2C[C@@H]3CCCCC3(OC(C)=O)[C@@H]1O2. The summed E-state index contributed by atoms with van der Waals surface area (Å²) in [5.41, 5.74) is -0.711. The Morgan fingerprint density at radius 2 is 1.95 bits per heavy atom. The van der Waals surface area contributed by atoms with Gasteiger partial charge in [-0.1, -0.05) is 6.42 Å². The number of rotatable bonds is 2. The van der Waals surface area contributed by atoms with Gasteiger partial charge in [-0.2, -0.15) is 0 Å². The van der Waals surface area contributed by atoms with Gasteiger partial charge in [0.2, 0.25) is 6.29 Å². The molecule has 5 atom stereocenters. The molecule has 0 aromatic rings. The topological polar surface area (TPSA) is 71.1 Å². The summed E-state index contributed by atoms with van der Waals surface area (Å²) in [7, 11) is 0. The zero-order valence-corrected chi connectivity index (χ0v) is 11.8. The molecule has 0 spiro atoms. The lowest BCUT2D eigenvalue weighted by atomic mass is 9.69. The molecule has 112 valence electrons. The monoisotopic (exact) mass is 284 g/mol. The predicted molar refractivity (Wildman–Crippen MR) is 66.4 cm³/mol. The van der Waals surface area contributed by atoms with E-state index in [1.54, 1.807) is 0 Å². The molecule has 6 heteroatoms. The maximum absolute atomic E-state index is 11.5. The summed E-state index contributed by atoms with van der Waals surface area (Å²) in [4.78, 5) is 22.7. The van der Waals surface area contributed by atoms with Crippen molar-refractivity contribution in [3.8, 4) is 0 Å². The summed E-state index contributed by atoms with van der Waals surface area (Å²) < 4.78 is 22.3. The first-order chi connectivity index (χ1) is 9.51. The molecular weight excluding hydrogens is 264 g/mol. The summed E-state index contributed by atoms with van der Waals surface area (Å²) in [6.45, 7) is 2.74. The van der Waals surface area contributed by atoms with E-state index in [1.165, 1.54) is 13.8 Å². The van der Waals surface area contributed by atoms with Crippen molar-refractivity contribution in [3.63, 3.8) is 0 Å². The Labute approximate surface area is 117 Å². The zero-order chi connectivity index (χ0) is 14.3. The van der Waals surface area contributed by atoms with Crippen LogP contribution < -0.4 is 0 Å². The van der Waals surface area contributed by atoms with Crippen LogP contribution in [0.1, 0.15) is 46.0 Å². The van der Waals surface area contributed by atoms with E-state index < -0.39 is 24.0 Å². The lowest BCUT2D eigenvalue weighted by Crippen LogP contribution is -2.59. The third kappa shape index (κ3) is 2.20. The van der Waals surface area contributed by atoms with Crippen molar-refractivity contribution in [1.29, 1.82) is 0 Å². The van der Waals surface area contributed by atoms with Crippen LogP contribution in [0.3, 0.4) is 0 Å². The number of hydrogen-bond donors (Lipinski definition) is 0. The van der Waals surface area contributed by atoms with Crippen LogP contribution in [0.5, 0.6) is 0 Å². The van der Waals surface area contributed by atoms with E-state index in [0.717, 1.165) is 25.7 Å². The van der Waals surface area contributed by atoms with Crippen molar-refractivity contribution in [2.45, 2.75) is 70.2 Å². The molecule has 3 fully saturated rings. The Kier molecular flexibility index (Phi) is 3.46. The minimum atomic E-state index is -0.778. The second-order valence-corrected chi connectivity index (χ2v) is 5.83. The van der Waals surface area contributed by atoms with Crippen molar-refractivity contribution >= 4 is 11.9 Å². The molecule has 2 bridgehead atoms. The third-order valence-electron chi connectivity index (χ3n) is 4.47. The van der Waals surface area contributed by atoms with Gasteiger partial charge < -0.3 is 18.9 Å². The lowest BCUT2D eigenvalue weighted by Gasteiger charge is -2.48. The van der Waals surface area contributed by atoms with Gasteiger partial charge in [0.05, 0.1) is 0 Å². The van der Waals surface area contributed by atoms with Crippen molar-refractivity contribution in [3.05, 3.63) is 0 Å². The average Bonchev–Trinajstić information content (AvgIpc) is 2.69. The smallest absolute Gasteiger partial charge is 0.305 e. The van der Waals surface area contributed by atoms with E-state index in [-0.39, 0.29) is 18.2 Å². The Bertz CT molecular complexity index is 422. The Balaban J connectivity index is 1.90. The van der Waals surface area contributed by atoms with Gasteiger partial charge in [0.15, 0.2) is 12.4 Å². The summed E-state index contributed by atoms with van der Waals surface area (Å²) in [5.74, 6) is -0.534. The van der Waals surface area contributed by atoms with Crippen LogP contribution in [0, 0.1) is 5.92 Å². The molecular formula is C14H20O6. The highest BCUT2D eigenvalue weighted by molar-refractivity contribution is 5.67. The van der Waals surface area contributed by atoms with Crippen LogP contribution in [0.15, 0.2) is 0 Å². The van der Waals surface area contributed by atoms with Crippen LogP contribution in [0.25, 0.3) is 0 Å². The van der Waals surface area contributed by atoms with E-state index in [1.807, 2.05) is 0 Å². The molecule has 0 radical (unpaired) electrons. The van der Waals surface area contributed by atoms with E-state index >= 15 is 0 Å². The van der Waals surface area contributed by atoms with Gasteiger partial charge in [-0.05, 0) is 19.3 Å². The highest BCUT2D eigenvalue weighted by atomic mass is 16.8. The van der Waals surface area contributed by atoms with Gasteiger partial charge in [-0.15, -0.1) is 0 Å². The van der Waals surface area contributed by atoms with E-state index in [0.29, 0.717) is 6.42 Å².